The smallest absolute Gasteiger partial charge is 0.189 e. The van der Waals surface area contributed by atoms with Crippen LogP contribution in [0.3, 0.4) is 0 Å². The Morgan fingerprint density at radius 2 is 1.68 bits per heavy atom. The maximum Gasteiger partial charge on any atom is 0.189 e. The summed E-state index contributed by atoms with van der Waals surface area (Å²) in [6, 6.07) is 12.1. The van der Waals surface area contributed by atoms with E-state index >= 15 is 0 Å². The first-order chi connectivity index (χ1) is 16.6. The standard InChI is InChI=1S/C24H27N7O2S/c1-30-8-10-31(11-9-30)16-6-4-15(5-7-16)28-24-29-23(25)22(34-24)21-17-12-19(32-2)20(33-3)13-18(17)26-14-27-21/h4-7,12-14H,8-11,25H2,1-3H3,(H,28,29). The van der Waals surface area contributed by atoms with Crippen molar-refractivity contribution in [1.82, 2.24) is 19.9 Å². The molecule has 1 aliphatic heterocycles. The number of hydrogen-bond donors (Lipinski definition) is 2. The molecule has 34 heavy (non-hydrogen) atoms. The molecule has 0 amide bonds. The average Bonchev–Trinajstić information content (AvgIpc) is 3.23. The molecule has 9 nitrogen and oxygen atoms in total. The van der Waals surface area contributed by atoms with E-state index in [0.717, 1.165) is 47.6 Å². The molecule has 0 aliphatic carbocycles. The zero-order valence-electron chi connectivity index (χ0n) is 19.4. The lowest BCUT2D eigenvalue weighted by molar-refractivity contribution is 0.313. The van der Waals surface area contributed by atoms with Crippen molar-refractivity contribution in [3.8, 4) is 22.1 Å². The predicted octanol–water partition coefficient (Wildman–Crippen LogP) is 3.85. The third-order valence-corrected chi connectivity index (χ3v) is 6.99. The normalized spacial score (nSPS) is 14.4. The Labute approximate surface area is 202 Å². The molecule has 5 rings (SSSR count). The van der Waals surface area contributed by atoms with Gasteiger partial charge in [0.05, 0.1) is 30.3 Å². The van der Waals surface area contributed by atoms with Gasteiger partial charge in [0.1, 0.15) is 12.1 Å². The highest BCUT2D eigenvalue weighted by atomic mass is 32.1. The highest BCUT2D eigenvalue weighted by molar-refractivity contribution is 7.19. The van der Waals surface area contributed by atoms with E-state index in [-0.39, 0.29) is 0 Å². The van der Waals surface area contributed by atoms with Crippen molar-refractivity contribution in [2.24, 2.45) is 0 Å². The monoisotopic (exact) mass is 477 g/mol. The largest absolute Gasteiger partial charge is 0.493 e. The highest BCUT2D eigenvalue weighted by Crippen LogP contribution is 2.40. The van der Waals surface area contributed by atoms with Crippen LogP contribution < -0.4 is 25.4 Å². The number of hydrogen-bond acceptors (Lipinski definition) is 10. The number of nitrogen functional groups attached to an aromatic ring is 1. The number of methoxy groups -OCH3 is 2. The second-order valence-corrected chi connectivity index (χ2v) is 9.14. The molecule has 10 heteroatoms. The minimum Gasteiger partial charge on any atom is -0.493 e. The molecule has 1 fully saturated rings. The van der Waals surface area contributed by atoms with E-state index in [4.69, 9.17) is 15.2 Å². The maximum atomic E-state index is 6.31. The van der Waals surface area contributed by atoms with Crippen LogP contribution in [-0.2, 0) is 0 Å². The topological polar surface area (TPSA) is 102 Å². The summed E-state index contributed by atoms with van der Waals surface area (Å²) >= 11 is 1.45. The van der Waals surface area contributed by atoms with Crippen molar-refractivity contribution < 1.29 is 9.47 Å². The molecule has 2 aromatic carbocycles. The Bertz CT molecular complexity index is 1300. The van der Waals surface area contributed by atoms with Crippen molar-refractivity contribution >= 4 is 44.6 Å². The summed E-state index contributed by atoms with van der Waals surface area (Å²) in [5, 5.41) is 4.89. The van der Waals surface area contributed by atoms with Crippen LogP contribution in [0, 0.1) is 0 Å². The molecule has 0 spiro atoms. The fourth-order valence-electron chi connectivity index (χ4n) is 4.06. The molecule has 3 N–H and O–H groups in total. The van der Waals surface area contributed by atoms with Gasteiger partial charge in [0, 0.05) is 49.0 Å². The number of ether oxygens (including phenoxy) is 2. The molecular weight excluding hydrogens is 450 g/mol. The number of piperazine rings is 1. The number of thiazole rings is 1. The summed E-state index contributed by atoms with van der Waals surface area (Å²) in [5.41, 5.74) is 9.94. The zero-order valence-corrected chi connectivity index (χ0v) is 20.2. The van der Waals surface area contributed by atoms with E-state index in [1.54, 1.807) is 14.2 Å². The lowest BCUT2D eigenvalue weighted by atomic mass is 10.1. The molecule has 0 atom stereocenters. The van der Waals surface area contributed by atoms with Crippen LogP contribution in [0.2, 0.25) is 0 Å². The van der Waals surface area contributed by atoms with Gasteiger partial charge in [0.2, 0.25) is 0 Å². The van der Waals surface area contributed by atoms with E-state index in [0.29, 0.717) is 28.1 Å². The van der Waals surface area contributed by atoms with Crippen molar-refractivity contribution in [3.05, 3.63) is 42.7 Å². The third-order valence-electron chi connectivity index (χ3n) is 6.00. The van der Waals surface area contributed by atoms with Gasteiger partial charge in [-0.1, -0.05) is 11.3 Å². The molecule has 2 aromatic heterocycles. The lowest BCUT2D eigenvalue weighted by Crippen LogP contribution is -2.44. The van der Waals surface area contributed by atoms with Gasteiger partial charge in [-0.3, -0.25) is 0 Å². The van der Waals surface area contributed by atoms with E-state index in [1.165, 1.54) is 23.4 Å². The summed E-state index contributed by atoms with van der Waals surface area (Å²) in [6.07, 6.45) is 1.52. The summed E-state index contributed by atoms with van der Waals surface area (Å²) in [5.74, 6) is 1.63. The quantitative estimate of drug-likeness (QED) is 0.429. The summed E-state index contributed by atoms with van der Waals surface area (Å²) in [7, 11) is 5.36. The predicted molar refractivity (Wildman–Crippen MR) is 138 cm³/mol. The van der Waals surface area contributed by atoms with Crippen LogP contribution >= 0.6 is 11.3 Å². The van der Waals surface area contributed by atoms with E-state index in [9.17, 15) is 0 Å². The molecule has 4 aromatic rings. The van der Waals surface area contributed by atoms with Gasteiger partial charge < -0.3 is 30.3 Å². The highest BCUT2D eigenvalue weighted by Gasteiger charge is 2.18. The second-order valence-electron chi connectivity index (χ2n) is 8.14. The molecule has 0 unspecified atom stereocenters. The van der Waals surface area contributed by atoms with Gasteiger partial charge in [-0.15, -0.1) is 0 Å². The number of anilines is 4. The van der Waals surface area contributed by atoms with E-state index < -0.39 is 0 Å². The number of nitrogens with zero attached hydrogens (tertiary/aromatic N) is 5. The first kappa shape index (κ1) is 22.2. The van der Waals surface area contributed by atoms with E-state index in [1.807, 2.05) is 12.1 Å². The molecule has 0 bridgehead atoms. The SMILES string of the molecule is COc1cc2ncnc(-c3sc(Nc4ccc(N5CCN(C)CC5)cc4)nc3N)c2cc1OC. The summed E-state index contributed by atoms with van der Waals surface area (Å²) in [6.45, 7) is 4.24. The van der Waals surface area contributed by atoms with Gasteiger partial charge in [0.15, 0.2) is 16.6 Å². The van der Waals surface area contributed by atoms with Crippen LogP contribution in [0.4, 0.5) is 22.3 Å². The average molecular weight is 478 g/mol. The third kappa shape index (κ3) is 4.29. The van der Waals surface area contributed by atoms with Crippen LogP contribution in [0.25, 0.3) is 21.5 Å². The summed E-state index contributed by atoms with van der Waals surface area (Å²) < 4.78 is 10.9. The number of nitrogens with one attached hydrogen (secondary N) is 1. The van der Waals surface area contributed by atoms with Crippen molar-refractivity contribution in [2.75, 3.05) is 63.4 Å². The van der Waals surface area contributed by atoms with Crippen LogP contribution in [0.1, 0.15) is 0 Å². The second kappa shape index (κ2) is 9.32. The number of fused-ring (bicyclic) bond motifs is 1. The van der Waals surface area contributed by atoms with Crippen molar-refractivity contribution in [2.45, 2.75) is 0 Å². The van der Waals surface area contributed by atoms with Crippen molar-refractivity contribution in [1.29, 1.82) is 0 Å². The number of rotatable bonds is 6. The van der Waals surface area contributed by atoms with Crippen molar-refractivity contribution in [3.63, 3.8) is 0 Å². The Morgan fingerprint density at radius 1 is 0.971 bits per heavy atom. The Balaban J connectivity index is 1.40. The van der Waals surface area contributed by atoms with Gasteiger partial charge in [-0.05, 0) is 37.4 Å². The molecule has 0 radical (unpaired) electrons. The number of benzene rings is 2. The molecule has 176 valence electrons. The molecule has 1 aliphatic rings. The lowest BCUT2D eigenvalue weighted by Gasteiger charge is -2.34. The molecule has 0 saturated carbocycles. The zero-order chi connectivity index (χ0) is 23.7. The number of aromatic nitrogens is 3. The number of likely N-dealkylation sites (N-methyl/N-ethyl adjacent to an activating group) is 1. The molecule has 3 heterocycles. The minimum atomic E-state index is 0.413. The molecule has 1 saturated heterocycles. The minimum absolute atomic E-state index is 0.413. The molecular formula is C24H27N7O2S. The summed E-state index contributed by atoms with van der Waals surface area (Å²) in [4.78, 5) is 19.0. The fraction of sp³-hybridized carbons (Fsp3) is 0.292. The first-order valence-electron chi connectivity index (χ1n) is 11.0. The van der Waals surface area contributed by atoms with Gasteiger partial charge in [-0.25, -0.2) is 15.0 Å². The Morgan fingerprint density at radius 3 is 2.38 bits per heavy atom. The van der Waals surface area contributed by atoms with Gasteiger partial charge in [-0.2, -0.15) is 0 Å². The van der Waals surface area contributed by atoms with Gasteiger partial charge >= 0.3 is 0 Å². The first-order valence-corrected chi connectivity index (χ1v) is 11.8. The number of nitrogens with two attached hydrogens (primary N) is 1. The van der Waals surface area contributed by atoms with Crippen LogP contribution in [0.5, 0.6) is 11.5 Å². The maximum absolute atomic E-state index is 6.31. The van der Waals surface area contributed by atoms with E-state index in [2.05, 4.69) is 61.4 Å². The van der Waals surface area contributed by atoms with Crippen LogP contribution in [-0.4, -0.2) is 67.3 Å². The Hall–Kier alpha value is -3.63. The van der Waals surface area contributed by atoms with Crippen LogP contribution in [0.15, 0.2) is 42.7 Å². The van der Waals surface area contributed by atoms with Gasteiger partial charge in [0.25, 0.3) is 0 Å². The Kier molecular flexibility index (Phi) is 6.08. The fourth-order valence-corrected chi connectivity index (χ4v) is 4.98.